The van der Waals surface area contributed by atoms with Crippen LogP contribution in [0.2, 0.25) is 0 Å². The van der Waals surface area contributed by atoms with Crippen molar-refractivity contribution in [1.82, 2.24) is 0 Å². The Hall–Kier alpha value is 1.04. The molecule has 0 aromatic carbocycles. The summed E-state index contributed by atoms with van der Waals surface area (Å²) >= 11 is 0. The van der Waals surface area contributed by atoms with Crippen LogP contribution in [0, 0.1) is 0 Å². The third-order valence-electron chi connectivity index (χ3n) is 3.98. The van der Waals surface area contributed by atoms with Crippen molar-refractivity contribution in [2.75, 3.05) is 0 Å². The van der Waals surface area contributed by atoms with Crippen molar-refractivity contribution in [2.45, 2.75) is 110 Å². The van der Waals surface area contributed by atoms with Gasteiger partial charge in [-0.25, -0.2) is 0 Å². The monoisotopic (exact) mass is 421 g/mol. The zero-order chi connectivity index (χ0) is 14.9. The molecule has 0 amide bonds. The van der Waals surface area contributed by atoms with E-state index in [1.54, 1.807) is 0 Å². The van der Waals surface area contributed by atoms with Gasteiger partial charge in [0.05, 0.1) is 0 Å². The van der Waals surface area contributed by atoms with E-state index in [-0.39, 0.29) is 55.3 Å². The first-order valence-corrected chi connectivity index (χ1v) is 8.97. The second-order valence-electron chi connectivity index (χ2n) is 6.07. The first-order chi connectivity index (χ1) is 9.77. The molecule has 0 saturated heterocycles. The van der Waals surface area contributed by atoms with Crippen molar-refractivity contribution in [2.24, 2.45) is 0 Å². The Bertz CT molecular complexity index is 207. The van der Waals surface area contributed by atoms with Crippen LogP contribution >= 0.6 is 0 Å². The normalized spacial score (nSPS) is 10.3. The quantitative estimate of drug-likeness (QED) is 0.270. The fraction of sp³-hybridized carbons (Fsp3) is 0.944. The van der Waals surface area contributed by atoms with E-state index in [4.69, 9.17) is 0 Å². The predicted octanol–water partition coefficient (Wildman–Crippen LogP) is 4.62. The van der Waals surface area contributed by atoms with Crippen molar-refractivity contribution >= 4 is 54.9 Å². The molecule has 3 heteroatoms. The van der Waals surface area contributed by atoms with Crippen molar-refractivity contribution in [1.29, 1.82) is 0 Å². The van der Waals surface area contributed by atoms with E-state index in [1.165, 1.54) is 83.5 Å². The van der Waals surface area contributed by atoms with Gasteiger partial charge in [-0.1, -0.05) is 96.8 Å². The molecule has 21 heavy (non-hydrogen) atoms. The zero-order valence-electron chi connectivity index (χ0n) is 14.3. The molecule has 0 spiro atoms. The van der Waals surface area contributed by atoms with Crippen LogP contribution in [0.15, 0.2) is 0 Å². The average molecular weight is 421 g/mol. The summed E-state index contributed by atoms with van der Waals surface area (Å²) in [4.78, 5) is 10.2. The van der Waals surface area contributed by atoms with Crippen molar-refractivity contribution in [3.63, 3.8) is 0 Å². The number of hydrogen-bond acceptors (Lipinski definition) is 2. The van der Waals surface area contributed by atoms with Gasteiger partial charge in [0.2, 0.25) is 0 Å². The molecule has 0 aromatic rings. The number of aliphatic carboxylic acids is 1. The molecule has 0 aliphatic heterocycles. The SMILES string of the molecule is CCCCCCCCCCCCCCCCCC(=O)[O-].[Ba+2]. The van der Waals surface area contributed by atoms with Gasteiger partial charge < -0.3 is 9.90 Å². The number of carboxylic acids is 1. The van der Waals surface area contributed by atoms with E-state index in [1.807, 2.05) is 0 Å². The number of hydrogen-bond donors (Lipinski definition) is 0. The number of rotatable bonds is 16. The molecule has 0 saturated carbocycles. The maximum Gasteiger partial charge on any atom is 2.00 e. The molecule has 0 radical (unpaired) electrons. The van der Waals surface area contributed by atoms with Gasteiger partial charge in [0, 0.05) is 5.97 Å². The minimum atomic E-state index is -0.903. The second-order valence-corrected chi connectivity index (χ2v) is 6.07. The van der Waals surface area contributed by atoms with Gasteiger partial charge >= 0.3 is 48.9 Å². The van der Waals surface area contributed by atoms with Gasteiger partial charge in [-0.15, -0.1) is 0 Å². The van der Waals surface area contributed by atoms with Gasteiger partial charge in [0.25, 0.3) is 0 Å². The Labute approximate surface area is 172 Å². The third-order valence-corrected chi connectivity index (χ3v) is 3.98. The van der Waals surface area contributed by atoms with Gasteiger partial charge in [0.1, 0.15) is 0 Å². The predicted molar refractivity (Wildman–Crippen MR) is 90.3 cm³/mol. The molecule has 0 unspecified atom stereocenters. The Morgan fingerprint density at radius 1 is 0.619 bits per heavy atom. The number of carbonyl (C=O) groups is 1. The first kappa shape index (κ1) is 24.3. The molecule has 0 bridgehead atoms. The zero-order valence-corrected chi connectivity index (χ0v) is 18.8. The van der Waals surface area contributed by atoms with E-state index < -0.39 is 5.97 Å². The van der Waals surface area contributed by atoms with Gasteiger partial charge in [-0.3, -0.25) is 0 Å². The summed E-state index contributed by atoms with van der Waals surface area (Å²) in [6.45, 7) is 2.27. The van der Waals surface area contributed by atoms with Crippen molar-refractivity contribution in [3.8, 4) is 0 Å². The molecule has 120 valence electrons. The van der Waals surface area contributed by atoms with Crippen LogP contribution in [0.1, 0.15) is 110 Å². The fourth-order valence-corrected chi connectivity index (χ4v) is 2.64. The second kappa shape index (κ2) is 21.0. The molecule has 0 aromatic heterocycles. The molecular weight excluding hydrogens is 386 g/mol. The molecule has 0 atom stereocenters. The molecule has 0 fully saturated rings. The van der Waals surface area contributed by atoms with Crippen LogP contribution in [0.5, 0.6) is 0 Å². The third kappa shape index (κ3) is 23.4. The standard InChI is InChI=1S/C18H36O2.Ba/c1-2-3-4-5-6-7-8-9-10-11-12-13-14-15-16-17-18(19)20;/h2-17H2,1H3,(H,19,20);/q;+2/p-1. The average Bonchev–Trinajstić information content (AvgIpc) is 2.43. The summed E-state index contributed by atoms with van der Waals surface area (Å²) < 4.78 is 0. The summed E-state index contributed by atoms with van der Waals surface area (Å²) in [6, 6.07) is 0. The van der Waals surface area contributed by atoms with Crippen LogP contribution in [-0.4, -0.2) is 54.9 Å². The van der Waals surface area contributed by atoms with E-state index in [0.29, 0.717) is 0 Å². The topological polar surface area (TPSA) is 40.1 Å². The Balaban J connectivity index is 0. The minimum Gasteiger partial charge on any atom is -0.550 e. The molecule has 0 N–H and O–H groups in total. The van der Waals surface area contributed by atoms with Crippen LogP contribution in [0.25, 0.3) is 0 Å². The van der Waals surface area contributed by atoms with Crippen LogP contribution < -0.4 is 5.11 Å². The maximum absolute atomic E-state index is 10.2. The van der Waals surface area contributed by atoms with Crippen LogP contribution in [0.3, 0.4) is 0 Å². The fourth-order valence-electron chi connectivity index (χ4n) is 2.64. The molecule has 0 heterocycles. The Morgan fingerprint density at radius 3 is 1.19 bits per heavy atom. The van der Waals surface area contributed by atoms with Crippen molar-refractivity contribution < 1.29 is 9.90 Å². The van der Waals surface area contributed by atoms with Crippen molar-refractivity contribution in [3.05, 3.63) is 0 Å². The maximum atomic E-state index is 10.2. The molecule has 2 nitrogen and oxygen atoms in total. The first-order valence-electron chi connectivity index (χ1n) is 8.97. The Morgan fingerprint density at radius 2 is 0.905 bits per heavy atom. The largest absolute Gasteiger partial charge is 2.00 e. The van der Waals surface area contributed by atoms with Crippen LogP contribution in [0.4, 0.5) is 0 Å². The smallest absolute Gasteiger partial charge is 0.550 e. The Kier molecular flexibility index (Phi) is 24.3. The van der Waals surface area contributed by atoms with E-state index in [2.05, 4.69) is 6.92 Å². The number of unbranched alkanes of at least 4 members (excludes halogenated alkanes) is 14. The van der Waals surface area contributed by atoms with E-state index >= 15 is 0 Å². The van der Waals surface area contributed by atoms with Gasteiger partial charge in [-0.05, 0) is 12.8 Å². The van der Waals surface area contributed by atoms with E-state index in [9.17, 15) is 9.90 Å². The molecule has 0 aliphatic rings. The number of carbonyl (C=O) groups excluding carboxylic acids is 1. The summed E-state index contributed by atoms with van der Waals surface area (Å²) in [5, 5.41) is 10.2. The minimum absolute atomic E-state index is 0. The van der Waals surface area contributed by atoms with Gasteiger partial charge in [-0.2, -0.15) is 0 Å². The summed E-state index contributed by atoms with van der Waals surface area (Å²) in [6.07, 6.45) is 19.9. The van der Waals surface area contributed by atoms with Crippen LogP contribution in [-0.2, 0) is 4.79 Å². The molecular formula is C18H35BaO2+. The summed E-state index contributed by atoms with van der Waals surface area (Å²) in [7, 11) is 0. The summed E-state index contributed by atoms with van der Waals surface area (Å²) in [5.74, 6) is -0.903. The molecule has 0 aliphatic carbocycles. The van der Waals surface area contributed by atoms with Gasteiger partial charge in [0.15, 0.2) is 0 Å². The van der Waals surface area contributed by atoms with E-state index in [0.717, 1.165) is 12.8 Å². The molecule has 0 rings (SSSR count). The summed E-state index contributed by atoms with van der Waals surface area (Å²) in [5.41, 5.74) is 0. The number of carboxylic acid groups (broad SMARTS) is 1.